The van der Waals surface area contributed by atoms with Crippen molar-refractivity contribution in [1.82, 2.24) is 24.8 Å². The number of carbonyl (C=O) groups excluding carboxylic acids is 1. The SMILES string of the molecule is CCc1nc2cc(P)c(CN3C=C(Oc4ccc(C(=O)NC)nc4)CC3)cc2n(C)c1=O. The number of pyridine rings is 1. The van der Waals surface area contributed by atoms with E-state index in [4.69, 9.17) is 4.74 Å². The van der Waals surface area contributed by atoms with Gasteiger partial charge in [0.05, 0.1) is 17.2 Å². The fourth-order valence-electron chi connectivity index (χ4n) is 3.72. The molecule has 3 heterocycles. The summed E-state index contributed by atoms with van der Waals surface area (Å²) in [6.45, 7) is 3.46. The van der Waals surface area contributed by atoms with Crippen molar-refractivity contribution in [2.24, 2.45) is 7.05 Å². The molecular formula is C23H26N5O3P. The number of nitrogens with zero attached hydrogens (tertiary/aromatic N) is 4. The molecular weight excluding hydrogens is 425 g/mol. The van der Waals surface area contributed by atoms with Crippen LogP contribution in [0.3, 0.4) is 0 Å². The van der Waals surface area contributed by atoms with Crippen LogP contribution in [0, 0.1) is 0 Å². The molecule has 1 aliphatic rings. The molecule has 0 saturated heterocycles. The number of fused-ring (bicyclic) bond motifs is 1. The van der Waals surface area contributed by atoms with E-state index in [2.05, 4.69) is 29.4 Å². The predicted octanol–water partition coefficient (Wildman–Crippen LogP) is 1.88. The first-order chi connectivity index (χ1) is 15.4. The summed E-state index contributed by atoms with van der Waals surface area (Å²) >= 11 is 0. The standard InChI is InChI=1S/C23H26N5O3P/c1-4-17-23(30)27(3)20-9-14(21(32)10-19(20)26-17)12-28-8-7-16(13-28)31-15-5-6-18(25-11-15)22(29)24-2/h5-6,9-11,13H,4,7-8,12,32H2,1-3H3,(H,24,29). The molecule has 0 spiro atoms. The van der Waals surface area contributed by atoms with Crippen LogP contribution in [-0.4, -0.2) is 38.9 Å². The van der Waals surface area contributed by atoms with Gasteiger partial charge in [-0.3, -0.25) is 9.59 Å². The zero-order chi connectivity index (χ0) is 22.8. The highest BCUT2D eigenvalue weighted by Gasteiger charge is 2.17. The molecule has 2 aromatic heterocycles. The molecule has 1 unspecified atom stereocenters. The van der Waals surface area contributed by atoms with Gasteiger partial charge in [0.15, 0.2) is 0 Å². The van der Waals surface area contributed by atoms with E-state index >= 15 is 0 Å². The minimum Gasteiger partial charge on any atom is -0.459 e. The number of ether oxygens (including phenoxy) is 1. The fraction of sp³-hybridized carbons (Fsp3) is 0.304. The number of rotatable bonds is 6. The van der Waals surface area contributed by atoms with Gasteiger partial charge in [-0.05, 0) is 41.6 Å². The van der Waals surface area contributed by atoms with Gasteiger partial charge in [-0.1, -0.05) is 6.92 Å². The molecule has 32 heavy (non-hydrogen) atoms. The lowest BCUT2D eigenvalue weighted by Gasteiger charge is -2.18. The Kier molecular flexibility index (Phi) is 6.24. The smallest absolute Gasteiger partial charge is 0.272 e. The van der Waals surface area contributed by atoms with Crippen LogP contribution in [0.1, 0.15) is 35.1 Å². The van der Waals surface area contributed by atoms with Crippen LogP contribution in [0.25, 0.3) is 11.0 Å². The molecule has 0 aliphatic carbocycles. The van der Waals surface area contributed by atoms with Crippen molar-refractivity contribution in [2.75, 3.05) is 13.6 Å². The zero-order valence-electron chi connectivity index (χ0n) is 18.4. The van der Waals surface area contributed by atoms with Gasteiger partial charge in [0.25, 0.3) is 11.5 Å². The van der Waals surface area contributed by atoms with Gasteiger partial charge in [0, 0.05) is 39.8 Å². The number of benzene rings is 1. The van der Waals surface area contributed by atoms with Crippen LogP contribution in [0.2, 0.25) is 0 Å². The molecule has 0 saturated carbocycles. The summed E-state index contributed by atoms with van der Waals surface area (Å²) in [5.74, 6) is 1.20. The first-order valence-corrected chi connectivity index (χ1v) is 11.1. The Morgan fingerprint density at radius 2 is 2.12 bits per heavy atom. The van der Waals surface area contributed by atoms with E-state index in [0.717, 1.165) is 40.6 Å². The summed E-state index contributed by atoms with van der Waals surface area (Å²) in [4.78, 5) is 34.9. The van der Waals surface area contributed by atoms with Crippen LogP contribution in [0.5, 0.6) is 5.75 Å². The van der Waals surface area contributed by atoms with Crippen molar-refractivity contribution in [2.45, 2.75) is 26.3 Å². The average Bonchev–Trinajstić information content (AvgIpc) is 3.24. The third kappa shape index (κ3) is 4.36. The number of carbonyl (C=O) groups is 1. The highest BCUT2D eigenvalue weighted by molar-refractivity contribution is 7.27. The van der Waals surface area contributed by atoms with Crippen LogP contribution >= 0.6 is 9.24 Å². The van der Waals surface area contributed by atoms with Gasteiger partial charge in [0.2, 0.25) is 0 Å². The second-order valence-corrected chi connectivity index (χ2v) is 8.31. The second kappa shape index (κ2) is 9.09. The number of aryl methyl sites for hydroxylation is 2. The third-order valence-electron chi connectivity index (χ3n) is 5.53. The molecule has 1 atom stereocenters. The van der Waals surface area contributed by atoms with Gasteiger partial charge >= 0.3 is 0 Å². The van der Waals surface area contributed by atoms with Crippen LogP contribution in [-0.2, 0) is 20.0 Å². The Labute approximate surface area is 188 Å². The highest BCUT2D eigenvalue weighted by atomic mass is 31.0. The Bertz CT molecular complexity index is 1270. The van der Waals surface area contributed by atoms with Gasteiger partial charge in [-0.25, -0.2) is 9.97 Å². The lowest BCUT2D eigenvalue weighted by Crippen LogP contribution is -2.24. The van der Waals surface area contributed by atoms with Crippen LogP contribution < -0.4 is 20.9 Å². The molecule has 3 aromatic rings. The molecule has 166 valence electrons. The van der Waals surface area contributed by atoms with E-state index in [1.54, 1.807) is 37.0 Å². The van der Waals surface area contributed by atoms with Crippen molar-refractivity contribution in [3.05, 3.63) is 69.7 Å². The monoisotopic (exact) mass is 451 g/mol. The summed E-state index contributed by atoms with van der Waals surface area (Å²) in [6, 6.07) is 7.44. The first kappa shape index (κ1) is 22.0. The zero-order valence-corrected chi connectivity index (χ0v) is 19.5. The predicted molar refractivity (Wildman–Crippen MR) is 127 cm³/mol. The van der Waals surface area contributed by atoms with Crippen molar-refractivity contribution in [3.63, 3.8) is 0 Å². The third-order valence-corrected chi connectivity index (χ3v) is 6.07. The quantitative estimate of drug-likeness (QED) is 0.576. The highest BCUT2D eigenvalue weighted by Crippen LogP contribution is 2.22. The summed E-state index contributed by atoms with van der Waals surface area (Å²) in [7, 11) is 6.14. The van der Waals surface area contributed by atoms with Gasteiger partial charge in [-0.2, -0.15) is 0 Å². The lowest BCUT2D eigenvalue weighted by molar-refractivity contribution is 0.0958. The molecule has 0 fully saturated rings. The Morgan fingerprint density at radius 1 is 1.31 bits per heavy atom. The Morgan fingerprint density at radius 3 is 2.81 bits per heavy atom. The normalized spacial score (nSPS) is 13.4. The van der Waals surface area contributed by atoms with Crippen LogP contribution in [0.15, 0.2) is 47.2 Å². The maximum absolute atomic E-state index is 12.5. The second-order valence-electron chi connectivity index (χ2n) is 7.69. The van der Waals surface area contributed by atoms with Crippen LogP contribution in [0.4, 0.5) is 0 Å². The molecule has 1 N–H and O–H groups in total. The van der Waals surface area contributed by atoms with E-state index in [1.807, 2.05) is 25.3 Å². The number of hydrogen-bond acceptors (Lipinski definition) is 6. The number of aromatic nitrogens is 3. The summed E-state index contributed by atoms with van der Waals surface area (Å²) in [6.07, 6.45) is 4.94. The minimum atomic E-state index is -0.231. The first-order valence-electron chi connectivity index (χ1n) is 10.5. The maximum Gasteiger partial charge on any atom is 0.272 e. The Hall–Kier alpha value is -3.25. The minimum absolute atomic E-state index is 0.0461. The van der Waals surface area contributed by atoms with Gasteiger partial charge < -0.3 is 19.5 Å². The number of amides is 1. The number of nitrogens with one attached hydrogen (secondary N) is 1. The van der Waals surface area contributed by atoms with Crippen molar-refractivity contribution < 1.29 is 9.53 Å². The molecule has 0 radical (unpaired) electrons. The van der Waals surface area contributed by atoms with E-state index < -0.39 is 0 Å². The van der Waals surface area contributed by atoms with Crippen molar-refractivity contribution in [1.29, 1.82) is 0 Å². The molecule has 1 aromatic carbocycles. The Balaban J connectivity index is 1.51. The van der Waals surface area contributed by atoms with E-state index in [1.165, 1.54) is 0 Å². The average molecular weight is 451 g/mol. The molecule has 9 heteroatoms. The molecule has 8 nitrogen and oxygen atoms in total. The van der Waals surface area contributed by atoms with E-state index in [9.17, 15) is 9.59 Å². The maximum atomic E-state index is 12.5. The number of hydrogen-bond donors (Lipinski definition) is 1. The van der Waals surface area contributed by atoms with Gasteiger partial charge in [0.1, 0.15) is 22.9 Å². The topological polar surface area (TPSA) is 89.3 Å². The van der Waals surface area contributed by atoms with E-state index in [0.29, 0.717) is 30.1 Å². The largest absolute Gasteiger partial charge is 0.459 e. The van der Waals surface area contributed by atoms with E-state index in [-0.39, 0.29) is 11.5 Å². The lowest BCUT2D eigenvalue weighted by atomic mass is 10.1. The molecule has 0 bridgehead atoms. The molecule has 1 aliphatic heterocycles. The summed E-state index contributed by atoms with van der Waals surface area (Å²) < 4.78 is 7.62. The van der Waals surface area contributed by atoms with Gasteiger partial charge in [-0.15, -0.1) is 9.24 Å². The fourth-order valence-corrected chi connectivity index (χ4v) is 4.05. The summed E-state index contributed by atoms with van der Waals surface area (Å²) in [5, 5.41) is 3.60. The molecule has 1 amide bonds. The summed E-state index contributed by atoms with van der Waals surface area (Å²) in [5.41, 5.74) is 3.65. The van der Waals surface area contributed by atoms with Crippen molar-refractivity contribution >= 4 is 31.5 Å². The van der Waals surface area contributed by atoms with Crippen molar-refractivity contribution in [3.8, 4) is 5.75 Å². The molecule has 4 rings (SSSR count).